The number of anilines is 2. The maximum Gasteiger partial charge on any atom is 0.514 e. The zero-order valence-electron chi connectivity index (χ0n) is 24.5. The molecule has 0 bridgehead atoms. The maximum atomic E-state index is 13.8. The van der Waals surface area contributed by atoms with E-state index in [0.29, 0.717) is 24.3 Å². The quantitative estimate of drug-likeness (QED) is 0.111. The molecule has 0 spiro atoms. The standard InChI is InChI=1S/C29H36F2N6O6/c1-18(32)29(30,31)12-14-41-26-16-20(11-13-33-26)34-25-17-24(35-36(25)28(2,3)4)19-5-8-23(15-19)43-27(38)42-22-9-6-21(7-10-22)37(39)40/h6-7,9-11,13,16-19,23H,5,8,12,14-15,32H2,1-4H3,(H,33,34)/t18-,19-,23+/m0/s1. The largest absolute Gasteiger partial charge is 0.514 e. The first-order chi connectivity index (χ1) is 20.2. The lowest BCUT2D eigenvalue weighted by Gasteiger charge is -2.23. The number of carbonyl (C=O) groups is 1. The number of alkyl halides is 2. The van der Waals surface area contributed by atoms with Crippen LogP contribution in [0.5, 0.6) is 11.6 Å². The summed E-state index contributed by atoms with van der Waals surface area (Å²) >= 11 is 0. The van der Waals surface area contributed by atoms with E-state index in [1.54, 1.807) is 12.1 Å². The van der Waals surface area contributed by atoms with Gasteiger partial charge in [0.2, 0.25) is 5.88 Å². The van der Waals surface area contributed by atoms with E-state index < -0.39 is 29.5 Å². The van der Waals surface area contributed by atoms with E-state index in [-0.39, 0.29) is 41.5 Å². The topological polar surface area (TPSA) is 157 Å². The van der Waals surface area contributed by atoms with E-state index in [1.165, 1.54) is 37.4 Å². The lowest BCUT2D eigenvalue weighted by atomic mass is 10.0. The number of nitrogens with zero attached hydrogens (tertiary/aromatic N) is 4. The highest BCUT2D eigenvalue weighted by Gasteiger charge is 2.34. The lowest BCUT2D eigenvalue weighted by Crippen LogP contribution is -2.39. The fourth-order valence-electron chi connectivity index (χ4n) is 4.64. The number of aromatic nitrogens is 3. The van der Waals surface area contributed by atoms with Crippen LogP contribution in [0.2, 0.25) is 0 Å². The van der Waals surface area contributed by atoms with Crippen LogP contribution in [0.15, 0.2) is 48.7 Å². The fourth-order valence-corrected chi connectivity index (χ4v) is 4.64. The van der Waals surface area contributed by atoms with Crippen LogP contribution in [-0.4, -0.2) is 50.5 Å². The number of ether oxygens (including phenoxy) is 3. The Labute approximate surface area is 247 Å². The van der Waals surface area contributed by atoms with Crippen LogP contribution >= 0.6 is 0 Å². The molecule has 0 aliphatic heterocycles. The summed E-state index contributed by atoms with van der Waals surface area (Å²) in [5.41, 5.74) is 6.33. The third-order valence-electron chi connectivity index (χ3n) is 7.04. The van der Waals surface area contributed by atoms with Crippen LogP contribution < -0.4 is 20.5 Å². The fraction of sp³-hybridized carbons (Fsp3) is 0.483. The molecule has 0 saturated heterocycles. The van der Waals surface area contributed by atoms with Crippen LogP contribution in [0.25, 0.3) is 0 Å². The van der Waals surface area contributed by atoms with Crippen molar-refractivity contribution in [3.63, 3.8) is 0 Å². The molecule has 3 aromatic rings. The molecule has 232 valence electrons. The van der Waals surface area contributed by atoms with Gasteiger partial charge in [0.05, 0.1) is 28.8 Å². The highest BCUT2D eigenvalue weighted by Crippen LogP contribution is 2.38. The third-order valence-corrected chi connectivity index (χ3v) is 7.04. The van der Waals surface area contributed by atoms with Crippen LogP contribution in [0.3, 0.4) is 0 Å². The van der Waals surface area contributed by atoms with Crippen LogP contribution in [0.1, 0.15) is 65.0 Å². The number of rotatable bonds is 11. The van der Waals surface area contributed by atoms with Gasteiger partial charge in [0.15, 0.2) is 0 Å². The Morgan fingerprint density at radius 1 is 1.21 bits per heavy atom. The summed E-state index contributed by atoms with van der Waals surface area (Å²) in [6.07, 6.45) is 1.67. The Hall–Kier alpha value is -4.33. The van der Waals surface area contributed by atoms with E-state index in [1.807, 2.05) is 31.5 Å². The van der Waals surface area contributed by atoms with Crippen molar-refractivity contribution in [3.8, 4) is 11.6 Å². The van der Waals surface area contributed by atoms with Gasteiger partial charge in [-0.1, -0.05) is 0 Å². The zero-order valence-corrected chi connectivity index (χ0v) is 24.5. The Morgan fingerprint density at radius 2 is 1.93 bits per heavy atom. The van der Waals surface area contributed by atoms with Gasteiger partial charge in [0, 0.05) is 48.5 Å². The van der Waals surface area contributed by atoms with E-state index in [0.717, 1.165) is 12.1 Å². The summed E-state index contributed by atoms with van der Waals surface area (Å²) in [6.45, 7) is 7.07. The molecule has 4 rings (SSSR count). The normalized spacial score (nSPS) is 17.7. The molecule has 0 amide bonds. The number of pyridine rings is 1. The van der Waals surface area contributed by atoms with Crippen LogP contribution in [0, 0.1) is 10.1 Å². The minimum absolute atomic E-state index is 0.0317. The molecule has 0 unspecified atom stereocenters. The molecule has 3 atom stereocenters. The number of halogens is 2. The molecular formula is C29H36F2N6O6. The second kappa shape index (κ2) is 12.9. The van der Waals surface area contributed by atoms with Gasteiger partial charge in [-0.2, -0.15) is 5.10 Å². The Kier molecular flexibility index (Phi) is 9.48. The van der Waals surface area contributed by atoms with Crippen LogP contribution in [-0.2, 0) is 10.3 Å². The molecule has 1 fully saturated rings. The van der Waals surface area contributed by atoms with E-state index >= 15 is 0 Å². The number of hydrogen-bond acceptors (Lipinski definition) is 10. The number of nitro benzene ring substituents is 1. The summed E-state index contributed by atoms with van der Waals surface area (Å²) in [5.74, 6) is -1.95. The predicted molar refractivity (Wildman–Crippen MR) is 154 cm³/mol. The van der Waals surface area contributed by atoms with Gasteiger partial charge >= 0.3 is 6.16 Å². The molecule has 1 saturated carbocycles. The Morgan fingerprint density at radius 3 is 2.58 bits per heavy atom. The van der Waals surface area contributed by atoms with Crippen molar-refractivity contribution in [2.45, 2.75) is 82.9 Å². The smallest absolute Gasteiger partial charge is 0.477 e. The van der Waals surface area contributed by atoms with Crippen LogP contribution in [0.4, 0.5) is 30.8 Å². The van der Waals surface area contributed by atoms with Crippen molar-refractivity contribution in [3.05, 3.63) is 64.5 Å². The van der Waals surface area contributed by atoms with Crippen molar-refractivity contribution in [1.29, 1.82) is 0 Å². The molecule has 2 heterocycles. The van der Waals surface area contributed by atoms with Crippen molar-refractivity contribution in [1.82, 2.24) is 14.8 Å². The molecule has 43 heavy (non-hydrogen) atoms. The maximum absolute atomic E-state index is 13.8. The summed E-state index contributed by atoms with van der Waals surface area (Å²) in [7, 11) is 0. The average molecular weight is 603 g/mol. The minimum Gasteiger partial charge on any atom is -0.477 e. The monoisotopic (exact) mass is 602 g/mol. The molecule has 2 aromatic heterocycles. The second-order valence-electron chi connectivity index (χ2n) is 11.5. The highest BCUT2D eigenvalue weighted by molar-refractivity contribution is 5.64. The van der Waals surface area contributed by atoms with E-state index in [4.69, 9.17) is 25.0 Å². The highest BCUT2D eigenvalue weighted by atomic mass is 19.3. The SMILES string of the molecule is C[C@H](N)C(F)(F)CCOc1cc(Nc2cc([C@H]3CC[C@@H](OC(=O)Oc4ccc([N+](=O)[O-])cc4)C3)nn2C(C)(C)C)ccn1. The average Bonchev–Trinajstić information content (AvgIpc) is 3.56. The Balaban J connectivity index is 1.38. The Bertz CT molecular complexity index is 1420. The van der Waals surface area contributed by atoms with Gasteiger partial charge in [0.25, 0.3) is 11.6 Å². The summed E-state index contributed by atoms with van der Waals surface area (Å²) in [5, 5.41) is 19.0. The second-order valence-corrected chi connectivity index (χ2v) is 11.5. The van der Waals surface area contributed by atoms with Gasteiger partial charge in [0.1, 0.15) is 17.7 Å². The van der Waals surface area contributed by atoms with Crippen molar-refractivity contribution in [2.24, 2.45) is 5.73 Å². The van der Waals surface area contributed by atoms with Crippen molar-refractivity contribution < 1.29 is 32.7 Å². The van der Waals surface area contributed by atoms with Gasteiger partial charge < -0.3 is 25.3 Å². The molecule has 14 heteroatoms. The number of carbonyl (C=O) groups excluding carboxylic acids is 1. The molecule has 1 aliphatic rings. The number of nitro groups is 1. The van der Waals surface area contributed by atoms with Gasteiger partial charge in [-0.05, 0) is 65.2 Å². The van der Waals surface area contributed by atoms with Crippen molar-refractivity contribution in [2.75, 3.05) is 11.9 Å². The number of nitrogens with one attached hydrogen (secondary N) is 1. The summed E-state index contributed by atoms with van der Waals surface area (Å²) < 4.78 is 45.6. The first kappa shape index (κ1) is 31.6. The van der Waals surface area contributed by atoms with Gasteiger partial charge in [-0.25, -0.2) is 23.2 Å². The summed E-state index contributed by atoms with van der Waals surface area (Å²) in [4.78, 5) is 26.7. The number of benzene rings is 1. The molecule has 1 aliphatic carbocycles. The molecule has 1 aromatic carbocycles. The van der Waals surface area contributed by atoms with Crippen molar-refractivity contribution >= 4 is 23.3 Å². The minimum atomic E-state index is -3.04. The first-order valence-electron chi connectivity index (χ1n) is 13.9. The van der Waals surface area contributed by atoms with E-state index in [2.05, 4.69) is 10.3 Å². The number of non-ortho nitro benzene ring substituents is 1. The third kappa shape index (κ3) is 8.37. The summed E-state index contributed by atoms with van der Waals surface area (Å²) in [6, 6.07) is 9.19. The zero-order chi connectivity index (χ0) is 31.4. The number of nitrogens with two attached hydrogens (primary N) is 1. The predicted octanol–water partition coefficient (Wildman–Crippen LogP) is 6.29. The van der Waals surface area contributed by atoms with E-state index in [9.17, 15) is 23.7 Å². The molecule has 3 N–H and O–H groups in total. The lowest BCUT2D eigenvalue weighted by molar-refractivity contribution is -0.384. The molecule has 0 radical (unpaired) electrons. The van der Waals surface area contributed by atoms with Gasteiger partial charge in [-0.3, -0.25) is 10.1 Å². The number of hydrogen-bond donors (Lipinski definition) is 2. The first-order valence-corrected chi connectivity index (χ1v) is 13.9. The molecule has 12 nitrogen and oxygen atoms in total. The molecular weight excluding hydrogens is 566 g/mol. The van der Waals surface area contributed by atoms with Gasteiger partial charge in [-0.15, -0.1) is 0 Å².